The molecule has 0 rings (SSSR count). The summed E-state index contributed by atoms with van der Waals surface area (Å²) >= 11 is 0. The highest BCUT2D eigenvalue weighted by molar-refractivity contribution is 4.65. The van der Waals surface area contributed by atoms with Gasteiger partial charge in [-0.1, -0.05) is 0 Å². The van der Waals surface area contributed by atoms with Gasteiger partial charge in [-0.25, -0.2) is 0 Å². The first-order chi connectivity index (χ1) is 7.06. The van der Waals surface area contributed by atoms with Gasteiger partial charge >= 0.3 is 0 Å². The van der Waals surface area contributed by atoms with Crippen LogP contribution in [-0.4, -0.2) is 50.2 Å². The van der Waals surface area contributed by atoms with Crippen LogP contribution >= 0.6 is 0 Å². The van der Waals surface area contributed by atoms with Crippen molar-refractivity contribution in [1.82, 2.24) is 5.32 Å². The molecule has 0 bridgehead atoms. The first kappa shape index (κ1) is 14.8. The van der Waals surface area contributed by atoms with Crippen LogP contribution in [0.4, 0.5) is 0 Å². The molecule has 0 saturated carbocycles. The van der Waals surface area contributed by atoms with E-state index < -0.39 is 6.10 Å². The zero-order valence-corrected chi connectivity index (χ0v) is 10.3. The quantitative estimate of drug-likeness (QED) is 0.602. The Morgan fingerprint density at radius 1 is 1.27 bits per heavy atom. The molecule has 0 aromatic carbocycles. The van der Waals surface area contributed by atoms with E-state index in [0.717, 1.165) is 13.0 Å². The first-order valence-electron chi connectivity index (χ1n) is 5.58. The second kappa shape index (κ2) is 9.09. The van der Waals surface area contributed by atoms with Crippen LogP contribution < -0.4 is 5.32 Å². The molecular weight excluding hydrogens is 194 g/mol. The Morgan fingerprint density at radius 2 is 1.93 bits per heavy atom. The van der Waals surface area contributed by atoms with Crippen LogP contribution in [0.25, 0.3) is 0 Å². The lowest BCUT2D eigenvalue weighted by atomic mass is 10.2. The minimum atomic E-state index is -0.433. The third-order valence-corrected chi connectivity index (χ3v) is 2.08. The lowest BCUT2D eigenvalue weighted by molar-refractivity contribution is 0.00532. The summed E-state index contributed by atoms with van der Waals surface area (Å²) in [5.74, 6) is 0. The number of aliphatic hydroxyl groups excluding tert-OH is 1. The third-order valence-electron chi connectivity index (χ3n) is 2.08. The molecular formula is C11H25NO3. The predicted octanol–water partition coefficient (Wildman–Crippen LogP) is 0.787. The van der Waals surface area contributed by atoms with Crippen molar-refractivity contribution in [2.24, 2.45) is 0 Å². The summed E-state index contributed by atoms with van der Waals surface area (Å²) < 4.78 is 10.3. The number of ether oxygens (including phenoxy) is 2. The molecule has 0 aromatic rings. The smallest absolute Gasteiger partial charge is 0.0897 e. The van der Waals surface area contributed by atoms with Gasteiger partial charge in [-0.15, -0.1) is 0 Å². The summed E-state index contributed by atoms with van der Waals surface area (Å²) in [6.45, 7) is 7.70. The van der Waals surface area contributed by atoms with Crippen molar-refractivity contribution in [3.8, 4) is 0 Å². The summed E-state index contributed by atoms with van der Waals surface area (Å²) in [5.41, 5.74) is 0. The van der Waals surface area contributed by atoms with Gasteiger partial charge in [0.25, 0.3) is 0 Å². The Balaban J connectivity index is 3.39. The van der Waals surface area contributed by atoms with Crippen LogP contribution in [0, 0.1) is 0 Å². The highest BCUT2D eigenvalue weighted by atomic mass is 16.5. The summed E-state index contributed by atoms with van der Waals surface area (Å²) in [6, 6.07) is 0.360. The van der Waals surface area contributed by atoms with Gasteiger partial charge < -0.3 is 19.9 Å². The fraction of sp³-hybridized carbons (Fsp3) is 1.00. The van der Waals surface area contributed by atoms with Gasteiger partial charge in [0.1, 0.15) is 0 Å². The number of rotatable bonds is 9. The second-order valence-corrected chi connectivity index (χ2v) is 4.13. The average molecular weight is 219 g/mol. The second-order valence-electron chi connectivity index (χ2n) is 4.13. The fourth-order valence-corrected chi connectivity index (χ4v) is 1.10. The van der Waals surface area contributed by atoms with Crippen molar-refractivity contribution < 1.29 is 14.6 Å². The number of aliphatic hydroxyl groups is 1. The van der Waals surface area contributed by atoms with Gasteiger partial charge in [0.15, 0.2) is 0 Å². The van der Waals surface area contributed by atoms with Gasteiger partial charge in [-0.3, -0.25) is 0 Å². The van der Waals surface area contributed by atoms with Crippen LogP contribution in [0.5, 0.6) is 0 Å². The Kier molecular flexibility index (Phi) is 9.00. The summed E-state index contributed by atoms with van der Waals surface area (Å²) in [6.07, 6.45) is 0.691. The normalized spacial score (nSPS) is 15.6. The van der Waals surface area contributed by atoms with Crippen molar-refractivity contribution in [2.45, 2.75) is 45.4 Å². The van der Waals surface area contributed by atoms with Crippen molar-refractivity contribution in [1.29, 1.82) is 0 Å². The Hall–Kier alpha value is -0.160. The van der Waals surface area contributed by atoms with E-state index in [2.05, 4.69) is 12.2 Å². The summed E-state index contributed by atoms with van der Waals surface area (Å²) in [4.78, 5) is 0. The Morgan fingerprint density at radius 3 is 2.47 bits per heavy atom. The lowest BCUT2D eigenvalue weighted by Crippen LogP contribution is -2.36. The van der Waals surface area contributed by atoms with Crippen molar-refractivity contribution >= 4 is 0 Å². The maximum atomic E-state index is 9.55. The van der Waals surface area contributed by atoms with Crippen LogP contribution in [0.2, 0.25) is 0 Å². The van der Waals surface area contributed by atoms with E-state index in [1.54, 1.807) is 7.11 Å². The fourth-order valence-electron chi connectivity index (χ4n) is 1.10. The Bertz CT molecular complexity index is 142. The molecule has 0 aliphatic carbocycles. The number of methoxy groups -OCH3 is 1. The summed E-state index contributed by atoms with van der Waals surface area (Å²) in [7, 11) is 1.69. The maximum Gasteiger partial charge on any atom is 0.0897 e. The SMILES string of the molecule is COCCC(C)NCC(O)COC(C)C. The Labute approximate surface area is 93.0 Å². The molecule has 0 heterocycles. The van der Waals surface area contributed by atoms with Gasteiger partial charge in [0.05, 0.1) is 18.8 Å². The van der Waals surface area contributed by atoms with Gasteiger partial charge in [-0.05, 0) is 27.2 Å². The minimum absolute atomic E-state index is 0.172. The molecule has 0 aliphatic heterocycles. The predicted molar refractivity (Wildman–Crippen MR) is 61.1 cm³/mol. The lowest BCUT2D eigenvalue weighted by Gasteiger charge is -2.17. The minimum Gasteiger partial charge on any atom is -0.389 e. The van der Waals surface area contributed by atoms with E-state index >= 15 is 0 Å². The molecule has 0 amide bonds. The largest absolute Gasteiger partial charge is 0.389 e. The molecule has 0 fully saturated rings. The zero-order valence-electron chi connectivity index (χ0n) is 10.3. The molecule has 0 aromatic heterocycles. The molecule has 0 saturated heterocycles. The average Bonchev–Trinajstić information content (AvgIpc) is 2.20. The van der Waals surface area contributed by atoms with Crippen molar-refractivity contribution in [2.75, 3.05) is 26.9 Å². The molecule has 0 aliphatic rings. The van der Waals surface area contributed by atoms with E-state index in [0.29, 0.717) is 19.2 Å². The molecule has 2 atom stereocenters. The molecule has 2 N–H and O–H groups in total. The number of hydrogen-bond acceptors (Lipinski definition) is 4. The van der Waals surface area contributed by atoms with E-state index in [9.17, 15) is 5.11 Å². The van der Waals surface area contributed by atoms with Crippen LogP contribution in [0.1, 0.15) is 27.2 Å². The topological polar surface area (TPSA) is 50.7 Å². The molecule has 4 nitrogen and oxygen atoms in total. The molecule has 0 radical (unpaired) electrons. The molecule has 0 spiro atoms. The molecule has 92 valence electrons. The van der Waals surface area contributed by atoms with E-state index in [4.69, 9.17) is 9.47 Å². The van der Waals surface area contributed by atoms with Crippen LogP contribution in [0.3, 0.4) is 0 Å². The van der Waals surface area contributed by atoms with Gasteiger partial charge in [-0.2, -0.15) is 0 Å². The first-order valence-corrected chi connectivity index (χ1v) is 5.58. The molecule has 2 unspecified atom stereocenters. The highest BCUT2D eigenvalue weighted by Crippen LogP contribution is 1.94. The standard InChI is InChI=1S/C11H25NO3/c1-9(2)15-8-11(13)7-12-10(3)5-6-14-4/h9-13H,5-8H2,1-4H3. The number of hydrogen-bond donors (Lipinski definition) is 2. The maximum absolute atomic E-state index is 9.55. The van der Waals surface area contributed by atoms with Crippen molar-refractivity contribution in [3.63, 3.8) is 0 Å². The summed E-state index contributed by atoms with van der Waals surface area (Å²) in [5, 5.41) is 12.8. The van der Waals surface area contributed by atoms with Crippen LogP contribution in [-0.2, 0) is 9.47 Å². The van der Waals surface area contributed by atoms with E-state index in [-0.39, 0.29) is 6.10 Å². The number of nitrogens with one attached hydrogen (secondary N) is 1. The van der Waals surface area contributed by atoms with E-state index in [1.807, 2.05) is 13.8 Å². The monoisotopic (exact) mass is 219 g/mol. The van der Waals surface area contributed by atoms with Crippen LogP contribution in [0.15, 0.2) is 0 Å². The van der Waals surface area contributed by atoms with Crippen molar-refractivity contribution in [3.05, 3.63) is 0 Å². The molecule has 15 heavy (non-hydrogen) atoms. The van der Waals surface area contributed by atoms with Gasteiger partial charge in [0.2, 0.25) is 0 Å². The third kappa shape index (κ3) is 10.1. The molecule has 4 heteroatoms. The van der Waals surface area contributed by atoms with E-state index in [1.165, 1.54) is 0 Å². The highest BCUT2D eigenvalue weighted by Gasteiger charge is 2.07. The van der Waals surface area contributed by atoms with Gasteiger partial charge in [0, 0.05) is 26.3 Å². The zero-order chi connectivity index (χ0) is 11.7.